The number of carbonyl (C=O) groups excluding carboxylic acids is 2. The van der Waals surface area contributed by atoms with Gasteiger partial charge in [-0.1, -0.05) is 71.2 Å². The summed E-state index contributed by atoms with van der Waals surface area (Å²) in [6, 6.07) is 22.9. The molecule has 164 valence electrons. The minimum atomic E-state index is -0.494. The van der Waals surface area contributed by atoms with E-state index in [0.717, 1.165) is 16.3 Å². The van der Waals surface area contributed by atoms with E-state index in [-0.39, 0.29) is 10.6 Å². The molecule has 0 heterocycles. The van der Waals surface area contributed by atoms with Gasteiger partial charge in [-0.15, -0.1) is 0 Å². The number of halogens is 2. The Morgan fingerprint density at radius 3 is 2.55 bits per heavy atom. The number of hydrogen-bond donors (Lipinski definition) is 1. The third-order valence-corrected chi connectivity index (χ3v) is 5.47. The molecule has 4 rings (SSSR count). The lowest BCUT2D eigenvalue weighted by Crippen LogP contribution is -2.18. The van der Waals surface area contributed by atoms with E-state index in [1.807, 2.05) is 43.3 Å². The monoisotopic (exact) mass is 476 g/mol. The highest BCUT2D eigenvalue weighted by molar-refractivity contribution is 6.36. The summed E-state index contributed by atoms with van der Waals surface area (Å²) in [7, 11) is 0. The maximum absolute atomic E-state index is 12.7. The molecule has 0 bridgehead atoms. The van der Waals surface area contributed by atoms with Gasteiger partial charge in [-0.25, -0.2) is 10.2 Å². The molecule has 7 heteroatoms. The summed E-state index contributed by atoms with van der Waals surface area (Å²) >= 11 is 12.0. The zero-order valence-electron chi connectivity index (χ0n) is 17.5. The molecule has 0 atom stereocenters. The summed E-state index contributed by atoms with van der Waals surface area (Å²) in [5.74, 6) is -0.658. The van der Waals surface area contributed by atoms with E-state index in [0.29, 0.717) is 21.9 Å². The van der Waals surface area contributed by atoms with Crippen LogP contribution in [0.4, 0.5) is 0 Å². The first-order valence-corrected chi connectivity index (χ1v) is 10.8. The number of amides is 1. The molecule has 5 nitrogen and oxygen atoms in total. The Hall–Kier alpha value is -3.67. The minimum absolute atomic E-state index is 0.216. The number of rotatable bonds is 5. The fourth-order valence-electron chi connectivity index (χ4n) is 3.32. The quantitative estimate of drug-likeness (QED) is 0.156. The molecule has 4 aromatic carbocycles. The molecule has 0 saturated heterocycles. The molecule has 33 heavy (non-hydrogen) atoms. The number of hydrogen-bond acceptors (Lipinski definition) is 4. The number of ether oxygens (including phenoxy) is 1. The first kappa shape index (κ1) is 22.5. The van der Waals surface area contributed by atoms with E-state index in [1.165, 1.54) is 18.3 Å². The Morgan fingerprint density at radius 2 is 1.76 bits per heavy atom. The normalized spacial score (nSPS) is 11.0. The molecular formula is C26H18Cl2N2O3. The molecule has 0 aliphatic rings. The zero-order valence-corrected chi connectivity index (χ0v) is 19.0. The van der Waals surface area contributed by atoms with Gasteiger partial charge in [0.1, 0.15) is 5.75 Å². The van der Waals surface area contributed by atoms with E-state index in [4.69, 9.17) is 27.9 Å². The van der Waals surface area contributed by atoms with Crippen LogP contribution in [-0.4, -0.2) is 18.1 Å². The van der Waals surface area contributed by atoms with Crippen molar-refractivity contribution in [2.75, 3.05) is 0 Å². The van der Waals surface area contributed by atoms with Crippen LogP contribution in [0, 0.1) is 6.92 Å². The number of benzene rings is 4. The van der Waals surface area contributed by atoms with Gasteiger partial charge in [0.25, 0.3) is 5.91 Å². The predicted octanol–water partition coefficient (Wildman–Crippen LogP) is 6.44. The molecular weight excluding hydrogens is 459 g/mol. The van der Waals surface area contributed by atoms with Gasteiger partial charge >= 0.3 is 5.97 Å². The van der Waals surface area contributed by atoms with Crippen molar-refractivity contribution in [1.29, 1.82) is 0 Å². The SMILES string of the molecule is Cc1cccc(C(=O)Oc2ccc3ccccc3c2/C=N\NC(=O)c2ccc(Cl)cc2Cl)c1. The van der Waals surface area contributed by atoms with Gasteiger partial charge in [0.15, 0.2) is 0 Å². The summed E-state index contributed by atoms with van der Waals surface area (Å²) in [5, 5.41) is 6.47. The summed E-state index contributed by atoms with van der Waals surface area (Å²) < 4.78 is 5.69. The fourth-order valence-corrected chi connectivity index (χ4v) is 3.81. The van der Waals surface area contributed by atoms with Crippen LogP contribution in [0.15, 0.2) is 84.0 Å². The Balaban J connectivity index is 1.63. The topological polar surface area (TPSA) is 67.8 Å². The summed E-state index contributed by atoms with van der Waals surface area (Å²) in [6.45, 7) is 1.90. The first-order valence-electron chi connectivity index (χ1n) is 10.0. The second kappa shape index (κ2) is 9.86. The Bertz CT molecular complexity index is 1400. The van der Waals surface area contributed by atoms with Crippen molar-refractivity contribution in [3.05, 3.63) is 111 Å². The molecule has 0 saturated carbocycles. The standard InChI is InChI=1S/C26H18Cl2N2O3/c1-16-5-4-7-18(13-16)26(32)33-24-12-9-17-6-2-3-8-20(17)22(24)15-29-30-25(31)21-11-10-19(27)14-23(21)28/h2-15H,1H3,(H,30,31)/b29-15-. The van der Waals surface area contributed by atoms with Crippen LogP contribution in [-0.2, 0) is 0 Å². The van der Waals surface area contributed by atoms with Crippen molar-refractivity contribution in [2.45, 2.75) is 6.92 Å². The smallest absolute Gasteiger partial charge is 0.343 e. The molecule has 0 aliphatic carbocycles. The maximum atomic E-state index is 12.7. The molecule has 0 fully saturated rings. The average Bonchev–Trinajstić information content (AvgIpc) is 2.80. The molecule has 0 aliphatic heterocycles. The van der Waals surface area contributed by atoms with Crippen LogP contribution in [0.3, 0.4) is 0 Å². The number of fused-ring (bicyclic) bond motifs is 1. The maximum Gasteiger partial charge on any atom is 0.343 e. The number of aryl methyl sites for hydroxylation is 1. The third kappa shape index (κ3) is 5.22. The van der Waals surface area contributed by atoms with Crippen LogP contribution < -0.4 is 10.2 Å². The zero-order chi connectivity index (χ0) is 23.4. The number of nitrogens with zero attached hydrogens (tertiary/aromatic N) is 1. The lowest BCUT2D eigenvalue weighted by Gasteiger charge is -2.11. The Labute approximate surface area is 200 Å². The highest BCUT2D eigenvalue weighted by atomic mass is 35.5. The van der Waals surface area contributed by atoms with Crippen molar-refractivity contribution in [2.24, 2.45) is 5.10 Å². The molecule has 1 N–H and O–H groups in total. The van der Waals surface area contributed by atoms with E-state index < -0.39 is 11.9 Å². The summed E-state index contributed by atoms with van der Waals surface area (Å²) in [6.07, 6.45) is 1.45. The van der Waals surface area contributed by atoms with Crippen LogP contribution in [0.25, 0.3) is 10.8 Å². The predicted molar refractivity (Wildman–Crippen MR) is 132 cm³/mol. The van der Waals surface area contributed by atoms with E-state index in [9.17, 15) is 9.59 Å². The fraction of sp³-hybridized carbons (Fsp3) is 0.0385. The number of nitrogens with one attached hydrogen (secondary N) is 1. The van der Waals surface area contributed by atoms with E-state index >= 15 is 0 Å². The van der Waals surface area contributed by atoms with Crippen molar-refractivity contribution in [1.82, 2.24) is 5.43 Å². The van der Waals surface area contributed by atoms with Crippen molar-refractivity contribution in [3.63, 3.8) is 0 Å². The van der Waals surface area contributed by atoms with E-state index in [1.54, 1.807) is 30.3 Å². The molecule has 0 aromatic heterocycles. The third-order valence-electron chi connectivity index (χ3n) is 4.92. The lowest BCUT2D eigenvalue weighted by atomic mass is 10.0. The van der Waals surface area contributed by atoms with Crippen LogP contribution in [0.5, 0.6) is 5.75 Å². The minimum Gasteiger partial charge on any atom is -0.422 e. The largest absolute Gasteiger partial charge is 0.422 e. The number of carbonyl (C=O) groups is 2. The molecule has 0 unspecified atom stereocenters. The van der Waals surface area contributed by atoms with E-state index in [2.05, 4.69) is 10.5 Å². The van der Waals surface area contributed by atoms with Gasteiger partial charge < -0.3 is 4.74 Å². The summed E-state index contributed by atoms with van der Waals surface area (Å²) in [4.78, 5) is 25.2. The van der Waals surface area contributed by atoms with Gasteiger partial charge in [0.05, 0.1) is 22.4 Å². The van der Waals surface area contributed by atoms with Crippen LogP contribution in [0.1, 0.15) is 31.8 Å². The van der Waals surface area contributed by atoms with Gasteiger partial charge in [0, 0.05) is 10.6 Å². The molecule has 0 spiro atoms. The lowest BCUT2D eigenvalue weighted by molar-refractivity contribution is 0.0734. The molecule has 0 radical (unpaired) electrons. The molecule has 1 amide bonds. The number of esters is 1. The van der Waals surface area contributed by atoms with Crippen molar-refractivity contribution < 1.29 is 14.3 Å². The average molecular weight is 477 g/mol. The van der Waals surface area contributed by atoms with Gasteiger partial charge in [-0.05, 0) is 54.1 Å². The second-order valence-electron chi connectivity index (χ2n) is 7.28. The Morgan fingerprint density at radius 1 is 0.939 bits per heavy atom. The molecule has 4 aromatic rings. The highest BCUT2D eigenvalue weighted by Gasteiger charge is 2.14. The Kier molecular flexibility index (Phi) is 6.73. The van der Waals surface area contributed by atoms with Gasteiger partial charge in [0.2, 0.25) is 0 Å². The number of hydrazone groups is 1. The van der Waals surface area contributed by atoms with Crippen LogP contribution >= 0.6 is 23.2 Å². The summed E-state index contributed by atoms with van der Waals surface area (Å²) in [5.41, 5.74) is 4.64. The van der Waals surface area contributed by atoms with Crippen molar-refractivity contribution in [3.8, 4) is 5.75 Å². The highest BCUT2D eigenvalue weighted by Crippen LogP contribution is 2.28. The van der Waals surface area contributed by atoms with Crippen LogP contribution in [0.2, 0.25) is 10.0 Å². The first-order chi connectivity index (χ1) is 15.9. The van der Waals surface area contributed by atoms with Gasteiger partial charge in [-0.3, -0.25) is 4.79 Å². The second-order valence-corrected chi connectivity index (χ2v) is 8.12. The van der Waals surface area contributed by atoms with Crippen molar-refractivity contribution >= 4 is 52.1 Å². The van der Waals surface area contributed by atoms with Gasteiger partial charge in [-0.2, -0.15) is 5.10 Å².